The van der Waals surface area contributed by atoms with E-state index in [9.17, 15) is 22.4 Å². The molecule has 0 radical (unpaired) electrons. The Morgan fingerprint density at radius 1 is 1.00 bits per heavy atom. The van der Waals surface area contributed by atoms with E-state index in [1.54, 1.807) is 31.2 Å². The molecule has 3 aromatic rings. The maximum atomic E-state index is 14.0. The van der Waals surface area contributed by atoms with Crippen LogP contribution < -0.4 is 19.1 Å². The minimum absolute atomic E-state index is 0.00415. The van der Waals surface area contributed by atoms with Crippen LogP contribution in [0, 0.1) is 5.82 Å². The average molecular weight is 618 g/mol. The lowest BCUT2D eigenvalue weighted by molar-refractivity contribution is -0.139. The van der Waals surface area contributed by atoms with Crippen molar-refractivity contribution in [3.63, 3.8) is 0 Å². The van der Waals surface area contributed by atoms with Gasteiger partial charge in [-0.1, -0.05) is 30.7 Å². The Kier molecular flexibility index (Phi) is 9.95. The molecule has 0 aromatic heterocycles. The van der Waals surface area contributed by atoms with Crippen LogP contribution in [-0.2, 0) is 26.2 Å². The number of halogens is 2. The molecular formula is C30H33ClFN3O6S. The fourth-order valence-corrected chi connectivity index (χ4v) is 5.97. The van der Waals surface area contributed by atoms with Crippen LogP contribution in [0.2, 0.25) is 5.02 Å². The quantitative estimate of drug-likeness (QED) is 0.332. The maximum absolute atomic E-state index is 14.0. The van der Waals surface area contributed by atoms with Crippen LogP contribution in [0.15, 0.2) is 71.6 Å². The van der Waals surface area contributed by atoms with E-state index < -0.39 is 34.3 Å². The molecule has 1 heterocycles. The van der Waals surface area contributed by atoms with Crippen molar-refractivity contribution in [2.45, 2.75) is 50.7 Å². The molecule has 1 N–H and O–H groups in total. The lowest BCUT2D eigenvalue weighted by atomic mass is 10.1. The van der Waals surface area contributed by atoms with Gasteiger partial charge in [-0.25, -0.2) is 12.8 Å². The molecule has 0 fully saturated rings. The number of sulfonamides is 1. The highest BCUT2D eigenvalue weighted by Gasteiger charge is 2.33. The highest BCUT2D eigenvalue weighted by atomic mass is 35.5. The van der Waals surface area contributed by atoms with E-state index in [1.807, 2.05) is 13.8 Å². The third-order valence-electron chi connectivity index (χ3n) is 6.91. The number of carbonyl (C=O) groups excluding carboxylic acids is 2. The van der Waals surface area contributed by atoms with Crippen molar-refractivity contribution < 1.29 is 31.9 Å². The van der Waals surface area contributed by atoms with Gasteiger partial charge >= 0.3 is 0 Å². The summed E-state index contributed by atoms with van der Waals surface area (Å²) in [5.74, 6) is -0.946. The summed E-state index contributed by atoms with van der Waals surface area (Å²) in [5, 5.41) is 3.33. The number of amides is 2. The van der Waals surface area contributed by atoms with Crippen molar-refractivity contribution in [1.82, 2.24) is 10.2 Å². The molecule has 1 aliphatic heterocycles. The molecule has 4 rings (SSSR count). The third-order valence-corrected chi connectivity index (χ3v) is 8.91. The molecule has 0 unspecified atom stereocenters. The predicted octanol–water partition coefficient (Wildman–Crippen LogP) is 4.78. The molecule has 2 amide bonds. The zero-order valence-electron chi connectivity index (χ0n) is 23.5. The summed E-state index contributed by atoms with van der Waals surface area (Å²) in [6.07, 6.45) is 0.687. The van der Waals surface area contributed by atoms with E-state index in [0.717, 1.165) is 16.4 Å². The maximum Gasteiger partial charge on any atom is 0.264 e. The normalized spacial score (nSPS) is 14.0. The number of ether oxygens (including phenoxy) is 2. The van der Waals surface area contributed by atoms with Gasteiger partial charge in [0.05, 0.1) is 10.6 Å². The molecular weight excluding hydrogens is 585 g/mol. The number of carbonyl (C=O) groups is 2. The number of hydrogen-bond acceptors (Lipinski definition) is 6. The van der Waals surface area contributed by atoms with E-state index >= 15 is 0 Å². The van der Waals surface area contributed by atoms with Crippen LogP contribution >= 0.6 is 11.6 Å². The molecule has 224 valence electrons. The number of nitrogens with zero attached hydrogens (tertiary/aromatic N) is 2. The topological polar surface area (TPSA) is 105 Å². The number of fused-ring (bicyclic) bond motifs is 1. The van der Waals surface area contributed by atoms with Gasteiger partial charge in [0, 0.05) is 23.7 Å². The molecule has 12 heteroatoms. The first kappa shape index (κ1) is 31.1. The zero-order valence-corrected chi connectivity index (χ0v) is 25.1. The molecule has 0 saturated carbocycles. The van der Waals surface area contributed by atoms with Crippen molar-refractivity contribution in [1.29, 1.82) is 0 Å². The van der Waals surface area contributed by atoms with E-state index in [-0.39, 0.29) is 41.4 Å². The summed E-state index contributed by atoms with van der Waals surface area (Å²) in [7, 11) is -4.37. The first-order valence-electron chi connectivity index (χ1n) is 13.5. The monoisotopic (exact) mass is 617 g/mol. The molecule has 42 heavy (non-hydrogen) atoms. The van der Waals surface area contributed by atoms with E-state index in [1.165, 1.54) is 35.2 Å². The Morgan fingerprint density at radius 2 is 1.69 bits per heavy atom. The van der Waals surface area contributed by atoms with Crippen LogP contribution in [0.3, 0.4) is 0 Å². The second-order valence-electron chi connectivity index (χ2n) is 9.94. The van der Waals surface area contributed by atoms with Gasteiger partial charge in [-0.15, -0.1) is 0 Å². The predicted molar refractivity (Wildman–Crippen MR) is 158 cm³/mol. The van der Waals surface area contributed by atoms with Gasteiger partial charge in [0.2, 0.25) is 11.8 Å². The lowest BCUT2D eigenvalue weighted by Crippen LogP contribution is -2.52. The van der Waals surface area contributed by atoms with Gasteiger partial charge in [-0.05, 0) is 74.4 Å². The van der Waals surface area contributed by atoms with Gasteiger partial charge in [0.25, 0.3) is 10.0 Å². The van der Waals surface area contributed by atoms with Crippen molar-refractivity contribution in [2.75, 3.05) is 24.1 Å². The Labute approximate surface area is 250 Å². The van der Waals surface area contributed by atoms with Crippen LogP contribution in [0.5, 0.6) is 11.5 Å². The largest absolute Gasteiger partial charge is 0.486 e. The van der Waals surface area contributed by atoms with E-state index in [2.05, 4.69) is 5.32 Å². The second kappa shape index (κ2) is 13.4. The van der Waals surface area contributed by atoms with Crippen LogP contribution in [-0.4, -0.2) is 57.0 Å². The highest BCUT2D eigenvalue weighted by molar-refractivity contribution is 7.92. The summed E-state index contributed by atoms with van der Waals surface area (Å²) in [4.78, 5) is 28.3. The van der Waals surface area contributed by atoms with Gasteiger partial charge in [-0.3, -0.25) is 13.9 Å². The first-order valence-corrected chi connectivity index (χ1v) is 15.3. The number of rotatable bonds is 11. The Hall–Kier alpha value is -3.83. The minimum atomic E-state index is -4.37. The Bertz CT molecular complexity index is 1540. The second-order valence-corrected chi connectivity index (χ2v) is 12.2. The average Bonchev–Trinajstić information content (AvgIpc) is 2.98. The number of hydrogen-bond donors (Lipinski definition) is 1. The van der Waals surface area contributed by atoms with E-state index in [4.69, 9.17) is 21.1 Å². The van der Waals surface area contributed by atoms with Crippen molar-refractivity contribution in [3.8, 4) is 11.5 Å². The smallest absolute Gasteiger partial charge is 0.264 e. The fourth-order valence-electron chi connectivity index (χ4n) is 4.33. The van der Waals surface area contributed by atoms with Gasteiger partial charge in [-0.2, -0.15) is 0 Å². The van der Waals surface area contributed by atoms with Crippen molar-refractivity contribution in [2.24, 2.45) is 0 Å². The summed E-state index contributed by atoms with van der Waals surface area (Å²) in [5.41, 5.74) is 0.723. The molecule has 1 aliphatic rings. The van der Waals surface area contributed by atoms with Crippen molar-refractivity contribution in [3.05, 3.63) is 83.1 Å². The Morgan fingerprint density at radius 3 is 2.36 bits per heavy atom. The van der Waals surface area contributed by atoms with Gasteiger partial charge in [0.1, 0.15) is 31.6 Å². The van der Waals surface area contributed by atoms with Crippen LogP contribution in [0.1, 0.15) is 32.8 Å². The Balaban J connectivity index is 1.72. The number of benzene rings is 3. The standard InChI is InChI=1S/C30H33ClFN3O6S/c1-4-20(2)33-30(37)21(3)34(18-22-6-5-7-23(31)16-22)29(36)19-35(25-10-8-24(32)9-11-25)42(38,39)26-12-13-27-28(17-26)41-15-14-40-27/h5-13,16-17,20-21H,4,14-15,18-19H2,1-3H3,(H,33,37)/t20-,21-/m1/s1. The molecule has 0 spiro atoms. The van der Waals surface area contributed by atoms with E-state index in [0.29, 0.717) is 29.4 Å². The van der Waals surface area contributed by atoms with Gasteiger partial charge < -0.3 is 19.7 Å². The molecule has 0 bridgehead atoms. The van der Waals surface area contributed by atoms with Crippen LogP contribution in [0.25, 0.3) is 0 Å². The number of anilines is 1. The molecule has 0 saturated heterocycles. The minimum Gasteiger partial charge on any atom is -0.486 e. The highest BCUT2D eigenvalue weighted by Crippen LogP contribution is 2.34. The van der Waals surface area contributed by atoms with Crippen molar-refractivity contribution >= 4 is 39.1 Å². The summed E-state index contributed by atoms with van der Waals surface area (Å²) in [6, 6.07) is 14.7. The van der Waals surface area contributed by atoms with Gasteiger partial charge in [0.15, 0.2) is 11.5 Å². The number of nitrogens with one attached hydrogen (secondary N) is 1. The van der Waals surface area contributed by atoms with Crippen LogP contribution in [0.4, 0.5) is 10.1 Å². The molecule has 9 nitrogen and oxygen atoms in total. The SMILES string of the molecule is CC[C@@H](C)NC(=O)[C@@H](C)N(Cc1cccc(Cl)c1)C(=O)CN(c1ccc(F)cc1)S(=O)(=O)c1ccc2c(c1)OCCO2. The first-order chi connectivity index (χ1) is 20.0. The zero-order chi connectivity index (χ0) is 30.4. The summed E-state index contributed by atoms with van der Waals surface area (Å²) in [6.45, 7) is 5.28. The molecule has 0 aliphatic carbocycles. The molecule has 3 aromatic carbocycles. The third kappa shape index (κ3) is 7.32. The summed E-state index contributed by atoms with van der Waals surface area (Å²) >= 11 is 6.17. The molecule has 2 atom stereocenters. The fraction of sp³-hybridized carbons (Fsp3) is 0.333. The summed E-state index contributed by atoms with van der Waals surface area (Å²) < 4.78 is 53.8. The lowest BCUT2D eigenvalue weighted by Gasteiger charge is -2.32.